The van der Waals surface area contributed by atoms with E-state index in [1.807, 2.05) is 18.5 Å². The van der Waals surface area contributed by atoms with E-state index in [9.17, 15) is 0 Å². The number of hydrogen-bond donors (Lipinski definition) is 2. The van der Waals surface area contributed by atoms with Crippen molar-refractivity contribution in [2.24, 2.45) is 0 Å². The van der Waals surface area contributed by atoms with Gasteiger partial charge in [0, 0.05) is 53.2 Å². The van der Waals surface area contributed by atoms with Crippen molar-refractivity contribution in [3.63, 3.8) is 0 Å². The van der Waals surface area contributed by atoms with E-state index >= 15 is 0 Å². The number of nitrogens with zero attached hydrogens (tertiary/aromatic N) is 1. The zero-order valence-corrected chi connectivity index (χ0v) is 9.40. The second-order valence-corrected chi connectivity index (χ2v) is 4.71. The van der Waals surface area contributed by atoms with Crippen molar-refractivity contribution in [3.8, 4) is 0 Å². The molecule has 1 fully saturated rings. The Bertz CT molecular complexity index is 695. The van der Waals surface area contributed by atoms with Crippen LogP contribution in [0.4, 0.5) is 0 Å². The molecule has 2 aromatic heterocycles. The Morgan fingerprint density at radius 1 is 1.06 bits per heavy atom. The van der Waals surface area contributed by atoms with Crippen molar-refractivity contribution < 1.29 is 0 Å². The average molecular weight is 223 g/mol. The van der Waals surface area contributed by atoms with Gasteiger partial charge in [-0.2, -0.15) is 0 Å². The highest BCUT2D eigenvalue weighted by Gasteiger charge is 2.19. The lowest BCUT2D eigenvalue weighted by atomic mass is 9.93. The second kappa shape index (κ2) is 3.31. The van der Waals surface area contributed by atoms with E-state index in [4.69, 9.17) is 0 Å². The average Bonchev–Trinajstić information content (AvgIpc) is 2.64. The molecule has 1 saturated heterocycles. The highest BCUT2D eigenvalue weighted by atomic mass is 14.9. The van der Waals surface area contributed by atoms with Gasteiger partial charge in [-0.15, -0.1) is 0 Å². The first-order valence-corrected chi connectivity index (χ1v) is 5.98. The van der Waals surface area contributed by atoms with Crippen LogP contribution >= 0.6 is 0 Å². The molecule has 3 nitrogen and oxygen atoms in total. The summed E-state index contributed by atoms with van der Waals surface area (Å²) < 4.78 is 0. The van der Waals surface area contributed by atoms with Crippen LogP contribution in [0.25, 0.3) is 21.8 Å². The Morgan fingerprint density at radius 2 is 2.00 bits per heavy atom. The Hall–Kier alpha value is -1.87. The van der Waals surface area contributed by atoms with Crippen LogP contribution in [0, 0.1) is 0 Å². The molecule has 1 aliphatic rings. The first-order valence-electron chi connectivity index (χ1n) is 5.98. The molecule has 3 heterocycles. The quantitative estimate of drug-likeness (QED) is 0.665. The van der Waals surface area contributed by atoms with Crippen LogP contribution < -0.4 is 5.32 Å². The summed E-state index contributed by atoms with van der Waals surface area (Å²) in [6, 6.07) is 8.76. The Morgan fingerprint density at radius 3 is 2.82 bits per heavy atom. The van der Waals surface area contributed by atoms with E-state index in [2.05, 4.69) is 33.5 Å². The molecule has 3 heteroatoms. The molecule has 0 bridgehead atoms. The van der Waals surface area contributed by atoms with Crippen molar-refractivity contribution in [2.75, 3.05) is 13.1 Å². The van der Waals surface area contributed by atoms with E-state index in [1.165, 1.54) is 27.4 Å². The largest absolute Gasteiger partial charge is 0.354 e. The second-order valence-electron chi connectivity index (χ2n) is 4.71. The van der Waals surface area contributed by atoms with Gasteiger partial charge in [0.25, 0.3) is 0 Å². The van der Waals surface area contributed by atoms with E-state index in [0.29, 0.717) is 5.92 Å². The summed E-state index contributed by atoms with van der Waals surface area (Å²) in [5.41, 5.74) is 3.81. The first-order chi connectivity index (χ1) is 8.42. The number of benzene rings is 1. The number of rotatable bonds is 1. The third kappa shape index (κ3) is 1.29. The number of aromatic amines is 1. The van der Waals surface area contributed by atoms with Gasteiger partial charge in [-0.25, -0.2) is 0 Å². The van der Waals surface area contributed by atoms with Crippen molar-refractivity contribution >= 4 is 21.8 Å². The molecule has 0 atom stereocenters. The Kier molecular flexibility index (Phi) is 1.79. The molecule has 84 valence electrons. The Labute approximate surface area is 98.9 Å². The number of pyridine rings is 1. The van der Waals surface area contributed by atoms with Crippen LogP contribution in [0.2, 0.25) is 0 Å². The molecular formula is C14H13N3. The summed E-state index contributed by atoms with van der Waals surface area (Å²) in [5, 5.41) is 5.79. The number of aromatic nitrogens is 2. The molecule has 3 aromatic rings. The van der Waals surface area contributed by atoms with Gasteiger partial charge in [-0.1, -0.05) is 12.1 Å². The molecule has 0 spiro atoms. The molecule has 0 saturated carbocycles. The smallest absolute Gasteiger partial charge is 0.0495 e. The molecule has 17 heavy (non-hydrogen) atoms. The third-order valence-electron chi connectivity index (χ3n) is 3.68. The monoisotopic (exact) mass is 223 g/mol. The lowest BCUT2D eigenvalue weighted by Gasteiger charge is -2.27. The minimum absolute atomic E-state index is 0.684. The number of fused-ring (bicyclic) bond motifs is 3. The summed E-state index contributed by atoms with van der Waals surface area (Å²) >= 11 is 0. The lowest BCUT2D eigenvalue weighted by Crippen LogP contribution is -2.39. The van der Waals surface area contributed by atoms with Crippen LogP contribution in [-0.4, -0.2) is 23.1 Å². The van der Waals surface area contributed by atoms with Crippen LogP contribution in [-0.2, 0) is 0 Å². The van der Waals surface area contributed by atoms with Crippen molar-refractivity contribution in [1.29, 1.82) is 0 Å². The fourth-order valence-electron chi connectivity index (χ4n) is 2.54. The van der Waals surface area contributed by atoms with Gasteiger partial charge < -0.3 is 10.3 Å². The molecule has 1 aromatic carbocycles. The third-order valence-corrected chi connectivity index (χ3v) is 3.68. The first kappa shape index (κ1) is 9.19. The van der Waals surface area contributed by atoms with E-state index in [0.717, 1.165) is 13.1 Å². The molecule has 0 amide bonds. The van der Waals surface area contributed by atoms with Crippen LogP contribution in [0.3, 0.4) is 0 Å². The van der Waals surface area contributed by atoms with Gasteiger partial charge in [0.05, 0.1) is 0 Å². The molecule has 0 radical (unpaired) electrons. The SMILES string of the molecule is c1cc2[nH]c3cc(C4CNC4)ccc3c2cn1. The number of H-pyrrole nitrogens is 1. The highest BCUT2D eigenvalue weighted by molar-refractivity contribution is 6.06. The van der Waals surface area contributed by atoms with Gasteiger partial charge in [0.15, 0.2) is 0 Å². The van der Waals surface area contributed by atoms with Gasteiger partial charge in [0.2, 0.25) is 0 Å². The predicted molar refractivity (Wildman–Crippen MR) is 69.2 cm³/mol. The zero-order chi connectivity index (χ0) is 11.2. The van der Waals surface area contributed by atoms with Gasteiger partial charge in [-0.3, -0.25) is 4.98 Å². The molecule has 4 rings (SSSR count). The summed E-state index contributed by atoms with van der Waals surface area (Å²) in [6.45, 7) is 2.21. The van der Waals surface area contributed by atoms with E-state index in [-0.39, 0.29) is 0 Å². The van der Waals surface area contributed by atoms with Crippen molar-refractivity contribution in [2.45, 2.75) is 5.92 Å². The maximum absolute atomic E-state index is 4.19. The fourth-order valence-corrected chi connectivity index (χ4v) is 2.54. The molecular weight excluding hydrogens is 210 g/mol. The minimum atomic E-state index is 0.684. The zero-order valence-electron chi connectivity index (χ0n) is 9.40. The molecule has 2 N–H and O–H groups in total. The van der Waals surface area contributed by atoms with Gasteiger partial charge in [0.1, 0.15) is 0 Å². The number of hydrogen-bond acceptors (Lipinski definition) is 2. The summed E-state index contributed by atoms with van der Waals surface area (Å²) in [7, 11) is 0. The fraction of sp³-hybridized carbons (Fsp3) is 0.214. The standard InChI is InChI=1S/C14H13N3/c1-2-11-12-8-15-4-3-13(12)17-14(11)5-9(1)10-6-16-7-10/h1-5,8,10,16-17H,6-7H2. The summed E-state index contributed by atoms with van der Waals surface area (Å²) in [4.78, 5) is 7.65. The summed E-state index contributed by atoms with van der Waals surface area (Å²) in [5.74, 6) is 0.684. The molecule has 0 aliphatic carbocycles. The maximum atomic E-state index is 4.19. The molecule has 1 aliphatic heterocycles. The van der Waals surface area contributed by atoms with Gasteiger partial charge >= 0.3 is 0 Å². The van der Waals surface area contributed by atoms with Crippen LogP contribution in [0.1, 0.15) is 11.5 Å². The van der Waals surface area contributed by atoms with Crippen molar-refractivity contribution in [3.05, 3.63) is 42.2 Å². The highest BCUT2D eigenvalue weighted by Crippen LogP contribution is 2.28. The topological polar surface area (TPSA) is 40.7 Å². The van der Waals surface area contributed by atoms with E-state index in [1.54, 1.807) is 0 Å². The predicted octanol–water partition coefficient (Wildman–Crippen LogP) is 2.40. The normalized spacial score (nSPS) is 16.5. The Balaban J connectivity index is 1.97. The summed E-state index contributed by atoms with van der Waals surface area (Å²) in [6.07, 6.45) is 3.76. The van der Waals surface area contributed by atoms with E-state index < -0.39 is 0 Å². The van der Waals surface area contributed by atoms with Crippen LogP contribution in [0.15, 0.2) is 36.7 Å². The lowest BCUT2D eigenvalue weighted by molar-refractivity contribution is 0.449. The number of nitrogens with one attached hydrogen (secondary N) is 2. The minimum Gasteiger partial charge on any atom is -0.354 e. The maximum Gasteiger partial charge on any atom is 0.0495 e. The van der Waals surface area contributed by atoms with Crippen LogP contribution in [0.5, 0.6) is 0 Å². The molecule has 0 unspecified atom stereocenters. The van der Waals surface area contributed by atoms with Gasteiger partial charge in [-0.05, 0) is 17.7 Å². The van der Waals surface area contributed by atoms with Crippen molar-refractivity contribution in [1.82, 2.24) is 15.3 Å².